The van der Waals surface area contributed by atoms with E-state index >= 15 is 0 Å². The lowest BCUT2D eigenvalue weighted by Gasteiger charge is -2.58. The zero-order valence-electron chi connectivity index (χ0n) is 17.9. The Labute approximate surface area is 177 Å². The minimum absolute atomic E-state index is 0.0475. The van der Waals surface area contributed by atoms with Crippen LogP contribution in [0.5, 0.6) is 0 Å². The van der Waals surface area contributed by atoms with Gasteiger partial charge in [0.05, 0.1) is 0 Å². The van der Waals surface area contributed by atoms with Gasteiger partial charge >= 0.3 is 6.16 Å². The minimum Gasteiger partial charge on any atom is -0.429 e. The van der Waals surface area contributed by atoms with Crippen molar-refractivity contribution < 1.29 is 38.0 Å². The molecule has 1 aromatic rings. The molecule has 8 nitrogen and oxygen atoms in total. The van der Waals surface area contributed by atoms with Crippen molar-refractivity contribution in [2.75, 3.05) is 0 Å². The van der Waals surface area contributed by atoms with Crippen LogP contribution >= 0.6 is 0 Å². The van der Waals surface area contributed by atoms with Crippen molar-refractivity contribution in [2.45, 2.75) is 88.6 Å². The SMILES string of the molecule is CC(C)(C)[Si](C)(C)O[C@H]1[C@@H]2O[C@@H]3O[C@@H]([C@H](O)[C@@H]1O3)[C@@H]2OC(=O)OCc1ccccc1. The molecular formula is C21H30O8Si. The molecule has 1 saturated carbocycles. The fraction of sp³-hybridized carbons (Fsp3) is 0.667. The first-order chi connectivity index (χ1) is 14.1. The van der Waals surface area contributed by atoms with E-state index in [2.05, 4.69) is 33.9 Å². The Morgan fingerprint density at radius 1 is 1.03 bits per heavy atom. The first-order valence-electron chi connectivity index (χ1n) is 10.3. The van der Waals surface area contributed by atoms with Crippen molar-refractivity contribution >= 4 is 14.5 Å². The number of rotatable bonds is 5. The lowest BCUT2D eigenvalue weighted by Crippen LogP contribution is -2.77. The predicted molar refractivity (Wildman–Crippen MR) is 108 cm³/mol. The number of carbonyl (C=O) groups excluding carboxylic acids is 1. The first-order valence-corrected chi connectivity index (χ1v) is 13.2. The summed E-state index contributed by atoms with van der Waals surface area (Å²) in [5.74, 6) is 0. The van der Waals surface area contributed by atoms with Crippen LogP contribution in [0.4, 0.5) is 4.79 Å². The van der Waals surface area contributed by atoms with Crippen LogP contribution < -0.4 is 0 Å². The summed E-state index contributed by atoms with van der Waals surface area (Å²) in [4.78, 5) is 12.4. The number of aliphatic hydroxyl groups is 1. The van der Waals surface area contributed by atoms with E-state index in [0.29, 0.717) is 0 Å². The Kier molecular flexibility index (Phi) is 5.71. The summed E-state index contributed by atoms with van der Waals surface area (Å²) in [6.07, 6.45) is -5.21. The van der Waals surface area contributed by atoms with Crippen molar-refractivity contribution in [2.24, 2.45) is 0 Å². The summed E-state index contributed by atoms with van der Waals surface area (Å²) in [6.45, 7) is 9.82. The molecule has 0 radical (unpaired) electrons. The van der Waals surface area contributed by atoms with Gasteiger partial charge in [-0.25, -0.2) is 4.79 Å². The Hall–Kier alpha value is -1.49. The molecule has 0 spiro atoms. The van der Waals surface area contributed by atoms with Crippen molar-refractivity contribution in [3.05, 3.63) is 35.9 Å². The lowest BCUT2D eigenvalue weighted by molar-refractivity contribution is -0.479. The van der Waals surface area contributed by atoms with Gasteiger partial charge in [0.2, 0.25) is 0 Å². The lowest BCUT2D eigenvalue weighted by atomic mass is 9.82. The highest BCUT2D eigenvalue weighted by Crippen LogP contribution is 2.46. The Morgan fingerprint density at radius 3 is 2.27 bits per heavy atom. The van der Waals surface area contributed by atoms with E-state index < -0.39 is 57.6 Å². The van der Waals surface area contributed by atoms with E-state index in [-0.39, 0.29) is 11.6 Å². The molecular weight excluding hydrogens is 408 g/mol. The van der Waals surface area contributed by atoms with Crippen LogP contribution in [0.15, 0.2) is 30.3 Å². The molecule has 3 aliphatic heterocycles. The molecule has 0 amide bonds. The molecule has 1 aromatic carbocycles. The summed E-state index contributed by atoms with van der Waals surface area (Å²) >= 11 is 0. The summed E-state index contributed by atoms with van der Waals surface area (Å²) in [5.41, 5.74) is 0.847. The Bertz CT molecular complexity index is 764. The number of aliphatic hydroxyl groups excluding tert-OH is 1. The summed E-state index contributed by atoms with van der Waals surface area (Å²) in [6, 6.07) is 9.32. The van der Waals surface area contributed by atoms with Gasteiger partial charge in [0, 0.05) is 0 Å². The van der Waals surface area contributed by atoms with Crippen LogP contribution in [0.25, 0.3) is 0 Å². The molecule has 5 rings (SSSR count). The van der Waals surface area contributed by atoms with Gasteiger partial charge in [0.25, 0.3) is 6.48 Å². The van der Waals surface area contributed by atoms with Crippen LogP contribution in [0.1, 0.15) is 26.3 Å². The van der Waals surface area contributed by atoms with Gasteiger partial charge in [-0.15, -0.1) is 0 Å². The van der Waals surface area contributed by atoms with Gasteiger partial charge in [0.1, 0.15) is 37.1 Å². The second kappa shape index (κ2) is 7.89. The number of hydrogen-bond donors (Lipinski definition) is 1. The molecule has 30 heavy (non-hydrogen) atoms. The van der Waals surface area contributed by atoms with Crippen molar-refractivity contribution in [1.82, 2.24) is 0 Å². The predicted octanol–water partition coefficient (Wildman–Crippen LogP) is 2.94. The van der Waals surface area contributed by atoms with Crippen LogP contribution in [0.2, 0.25) is 18.1 Å². The molecule has 9 heteroatoms. The molecule has 3 heterocycles. The standard InChI is InChI=1S/C21H30O8Si/c1-21(2,3)30(4,5)29-18-15-13(22)14-16(17(18)28-20(26-14)27-15)25-19(23)24-11-12-9-7-6-8-10-12/h6-10,13-18,20,22H,11H2,1-5H3/t13-,14-,15-,16-,17+,18+,20+/m0/s1. The molecule has 1 N–H and O–H groups in total. The molecule has 4 fully saturated rings. The van der Waals surface area contributed by atoms with Crippen molar-refractivity contribution in [3.8, 4) is 0 Å². The quantitative estimate of drug-likeness (QED) is 0.554. The third-order valence-electron chi connectivity index (χ3n) is 6.44. The fourth-order valence-corrected chi connectivity index (χ4v) is 5.04. The fourth-order valence-electron chi connectivity index (χ4n) is 3.74. The highest BCUT2D eigenvalue weighted by Gasteiger charge is 2.64. The third-order valence-corrected chi connectivity index (χ3v) is 10.9. The van der Waals surface area contributed by atoms with E-state index in [1.807, 2.05) is 30.3 Å². The molecule has 4 aliphatic rings. The normalized spacial score (nSPS) is 35.3. The third kappa shape index (κ3) is 4.02. The number of ether oxygens (including phenoxy) is 5. The zero-order chi connectivity index (χ0) is 21.7. The summed E-state index contributed by atoms with van der Waals surface area (Å²) < 4.78 is 34.4. The van der Waals surface area contributed by atoms with Gasteiger partial charge in [-0.2, -0.15) is 0 Å². The van der Waals surface area contributed by atoms with Gasteiger partial charge in [-0.1, -0.05) is 51.1 Å². The van der Waals surface area contributed by atoms with Crippen LogP contribution in [0.3, 0.4) is 0 Å². The maximum absolute atomic E-state index is 12.4. The van der Waals surface area contributed by atoms with Crippen LogP contribution in [-0.2, 0) is 34.7 Å². The topological polar surface area (TPSA) is 92.7 Å². The molecule has 7 atom stereocenters. The van der Waals surface area contributed by atoms with Gasteiger partial charge < -0.3 is 33.2 Å². The van der Waals surface area contributed by atoms with Crippen molar-refractivity contribution in [1.29, 1.82) is 0 Å². The van der Waals surface area contributed by atoms with Crippen LogP contribution in [0, 0.1) is 0 Å². The smallest absolute Gasteiger partial charge is 0.429 e. The average Bonchev–Trinajstić information content (AvgIpc) is 2.68. The Morgan fingerprint density at radius 2 is 1.63 bits per heavy atom. The molecule has 166 valence electrons. The number of benzene rings is 1. The van der Waals surface area contributed by atoms with Gasteiger partial charge in [0.15, 0.2) is 14.4 Å². The second-order valence-electron chi connectivity index (χ2n) is 9.53. The first kappa shape index (κ1) is 21.7. The van der Waals surface area contributed by atoms with Gasteiger partial charge in [-0.3, -0.25) is 0 Å². The number of hydrogen-bond acceptors (Lipinski definition) is 8. The number of carbonyl (C=O) groups is 1. The van der Waals surface area contributed by atoms with Gasteiger partial charge in [-0.05, 0) is 23.7 Å². The van der Waals surface area contributed by atoms with Crippen molar-refractivity contribution in [3.63, 3.8) is 0 Å². The highest BCUT2D eigenvalue weighted by atomic mass is 28.4. The maximum atomic E-state index is 12.4. The maximum Gasteiger partial charge on any atom is 0.509 e. The van der Waals surface area contributed by atoms with E-state index in [9.17, 15) is 9.90 Å². The second-order valence-corrected chi connectivity index (χ2v) is 14.3. The molecule has 1 aliphatic carbocycles. The monoisotopic (exact) mass is 438 g/mol. The summed E-state index contributed by atoms with van der Waals surface area (Å²) in [7, 11) is -2.21. The average molecular weight is 439 g/mol. The molecule has 4 bridgehead atoms. The van der Waals surface area contributed by atoms with E-state index in [0.717, 1.165) is 5.56 Å². The van der Waals surface area contributed by atoms with E-state index in [1.165, 1.54) is 0 Å². The minimum atomic E-state index is -2.21. The van der Waals surface area contributed by atoms with E-state index in [4.69, 9.17) is 28.1 Å². The summed E-state index contributed by atoms with van der Waals surface area (Å²) in [5, 5.41) is 10.7. The largest absolute Gasteiger partial charge is 0.509 e. The molecule has 0 unspecified atom stereocenters. The highest BCUT2D eigenvalue weighted by molar-refractivity contribution is 6.74. The molecule has 3 saturated heterocycles. The van der Waals surface area contributed by atoms with E-state index in [1.54, 1.807) is 0 Å². The molecule has 0 aromatic heterocycles. The Balaban J connectivity index is 1.47. The zero-order valence-corrected chi connectivity index (χ0v) is 18.9. The van der Waals surface area contributed by atoms with Crippen LogP contribution in [-0.4, -0.2) is 62.7 Å².